The number of aliphatic imine (C=N–C) groups is 2. The first-order valence-electron chi connectivity index (χ1n) is 27.0. The summed E-state index contributed by atoms with van der Waals surface area (Å²) in [5, 5.41) is 3.99. The van der Waals surface area contributed by atoms with Crippen molar-refractivity contribution in [1.29, 1.82) is 0 Å². The molecule has 0 unspecified atom stereocenters. The summed E-state index contributed by atoms with van der Waals surface area (Å²) in [7, 11) is 0. The molecule has 0 aliphatic heterocycles. The van der Waals surface area contributed by atoms with Gasteiger partial charge in [-0.2, -0.15) is 0 Å². The van der Waals surface area contributed by atoms with Crippen LogP contribution < -0.4 is 0 Å². The smallest absolute Gasteiger partial charge is 0.160 e. The van der Waals surface area contributed by atoms with E-state index < -0.39 is 5.41 Å². The normalized spacial score (nSPS) is 13.3. The van der Waals surface area contributed by atoms with Crippen molar-refractivity contribution < 1.29 is 8.83 Å². The van der Waals surface area contributed by atoms with Gasteiger partial charge in [0.2, 0.25) is 0 Å². The van der Waals surface area contributed by atoms with Crippen molar-refractivity contribution in [2.45, 2.75) is 25.2 Å². The molecule has 4 nitrogen and oxygen atoms in total. The topological polar surface area (TPSA) is 51.0 Å². The fraction of sp³-hybridized carbons (Fsp3) is 0.0541. The maximum absolute atomic E-state index is 6.76. The molecule has 2 aliphatic rings. The van der Waals surface area contributed by atoms with E-state index in [0.717, 1.165) is 107 Å². The van der Waals surface area contributed by atoms with Crippen LogP contribution in [-0.4, -0.2) is 11.5 Å². The van der Waals surface area contributed by atoms with Gasteiger partial charge in [-0.05, 0) is 132 Å². The molecular formula is C74H50N2O2. The first kappa shape index (κ1) is 45.5. The molecular weight excluding hydrogens is 949 g/mol. The molecule has 0 radical (unpaired) electrons. The van der Waals surface area contributed by atoms with Crippen molar-refractivity contribution >= 4 is 61.1 Å². The Morgan fingerprint density at radius 2 is 0.962 bits per heavy atom. The van der Waals surface area contributed by atoms with Crippen molar-refractivity contribution in [2.24, 2.45) is 9.98 Å². The van der Waals surface area contributed by atoms with E-state index >= 15 is 0 Å². The summed E-state index contributed by atoms with van der Waals surface area (Å²) in [6, 6.07) is 89.3. The highest BCUT2D eigenvalue weighted by Gasteiger charge is 2.52. The lowest BCUT2D eigenvalue weighted by molar-refractivity contribution is 0.667. The van der Waals surface area contributed by atoms with Crippen molar-refractivity contribution in [3.05, 3.63) is 294 Å². The summed E-state index contributed by atoms with van der Waals surface area (Å²) >= 11 is 0. The average Bonchev–Trinajstić information content (AvgIpc) is 3.72. The van der Waals surface area contributed by atoms with Crippen LogP contribution in [0.2, 0.25) is 0 Å². The molecule has 0 saturated heterocycles. The van der Waals surface area contributed by atoms with Crippen LogP contribution in [-0.2, 0) is 5.41 Å². The molecule has 0 bridgehead atoms. The van der Waals surface area contributed by atoms with Gasteiger partial charge in [-0.1, -0.05) is 226 Å². The van der Waals surface area contributed by atoms with E-state index in [1.54, 1.807) is 0 Å². The van der Waals surface area contributed by atoms with Crippen LogP contribution in [0.5, 0.6) is 0 Å². The zero-order valence-electron chi connectivity index (χ0n) is 43.0. The van der Waals surface area contributed by atoms with E-state index in [4.69, 9.17) is 18.8 Å². The molecule has 0 fully saturated rings. The minimum absolute atomic E-state index is 0.468. The molecule has 1 spiro atoms. The van der Waals surface area contributed by atoms with Gasteiger partial charge in [0.1, 0.15) is 22.3 Å². The minimum atomic E-state index is -0.468. The molecule has 15 rings (SSSR count). The number of benzene rings is 11. The van der Waals surface area contributed by atoms with Crippen molar-refractivity contribution in [3.63, 3.8) is 0 Å². The number of rotatable bonds is 9. The third-order valence-corrected chi connectivity index (χ3v) is 16.2. The van der Waals surface area contributed by atoms with E-state index in [-0.39, 0.29) is 0 Å². The summed E-state index contributed by atoms with van der Waals surface area (Å²) in [6.07, 6.45) is 1.63. The lowest BCUT2D eigenvalue weighted by Crippen LogP contribution is -2.26. The highest BCUT2D eigenvalue weighted by Crippen LogP contribution is 2.64. The molecule has 0 atom stereocenters. The molecule has 0 N–H and O–H groups in total. The Morgan fingerprint density at radius 1 is 0.410 bits per heavy atom. The quantitative estimate of drug-likeness (QED) is 0.107. The Labute approximate surface area is 452 Å². The summed E-state index contributed by atoms with van der Waals surface area (Å²) in [5.74, 6) is 0.547. The van der Waals surface area contributed by atoms with Gasteiger partial charge in [-0.3, -0.25) is 0 Å². The molecule has 2 heterocycles. The van der Waals surface area contributed by atoms with E-state index in [1.807, 2.05) is 36.4 Å². The van der Waals surface area contributed by atoms with Crippen LogP contribution in [0.25, 0.3) is 105 Å². The van der Waals surface area contributed by atoms with Crippen molar-refractivity contribution in [2.75, 3.05) is 0 Å². The Kier molecular flexibility index (Phi) is 10.6. The van der Waals surface area contributed by atoms with Gasteiger partial charge in [-0.25, -0.2) is 9.98 Å². The van der Waals surface area contributed by atoms with E-state index in [1.165, 1.54) is 50.1 Å². The Bertz CT molecular complexity index is 4600. The summed E-state index contributed by atoms with van der Waals surface area (Å²) < 4.78 is 13.3. The van der Waals surface area contributed by atoms with E-state index in [2.05, 4.69) is 226 Å². The maximum atomic E-state index is 6.76. The standard InChI is InChI=1S/C74H50N2O2/c1-3-20-66(52-26-16-23-48(44-52)47-21-5-4-6-22-47)76-73(75-46(2)53-31-17-34-60-58-30-10-14-39-67(58)78-72(53)60)61-35-19-40-69-70(61)62-45-50(41-42-68(62)77-69)49-24-15-25-51(43-49)54-32-18-33-59-57-29-9-13-38-65(57)74(71(54)59)63-36-11-7-27-55(63)56-28-8-12-37-64(56)74/h4-19,21-45H,2-3,20H2,1H3. The fourth-order valence-electron chi connectivity index (χ4n) is 12.9. The Hall–Kier alpha value is -9.90. The summed E-state index contributed by atoms with van der Waals surface area (Å²) in [6.45, 7) is 6.84. The molecule has 2 aliphatic carbocycles. The monoisotopic (exact) mass is 998 g/mol. The van der Waals surface area contributed by atoms with E-state index in [9.17, 15) is 0 Å². The third-order valence-electron chi connectivity index (χ3n) is 16.2. The first-order valence-corrected chi connectivity index (χ1v) is 27.0. The summed E-state index contributed by atoms with van der Waals surface area (Å²) in [5.41, 5.74) is 24.2. The number of fused-ring (bicyclic) bond motifs is 16. The second-order valence-electron chi connectivity index (χ2n) is 20.6. The van der Waals surface area contributed by atoms with Crippen molar-refractivity contribution in [1.82, 2.24) is 0 Å². The number of para-hydroxylation sites is 2. The Balaban J connectivity index is 0.898. The van der Waals surface area contributed by atoms with Crippen LogP contribution in [0, 0.1) is 0 Å². The van der Waals surface area contributed by atoms with Gasteiger partial charge < -0.3 is 8.83 Å². The molecule has 0 amide bonds. The zero-order valence-corrected chi connectivity index (χ0v) is 43.0. The first-order chi connectivity index (χ1) is 38.5. The molecule has 2 aromatic heterocycles. The maximum Gasteiger partial charge on any atom is 0.160 e. The number of amidine groups is 1. The number of nitrogens with zero attached hydrogens (tertiary/aromatic N) is 2. The molecule has 11 aromatic carbocycles. The average molecular weight is 999 g/mol. The Morgan fingerprint density at radius 3 is 1.74 bits per heavy atom. The van der Waals surface area contributed by atoms with Gasteiger partial charge in [-0.15, -0.1) is 0 Å². The SMILES string of the molecule is C=C(N=C(N=C(CCC)c1cccc(-c2ccccc2)c1)c1cccc2oc3ccc(-c4cccc(-c5cccc6c5C5(c7ccccc7-c7ccccc75)c5ccccc5-6)c4)cc3c12)c1cccc2c1oc1ccccc12. The predicted molar refractivity (Wildman–Crippen MR) is 324 cm³/mol. The van der Waals surface area contributed by atoms with Crippen LogP contribution in [0.15, 0.2) is 274 Å². The van der Waals surface area contributed by atoms with Gasteiger partial charge in [0.25, 0.3) is 0 Å². The van der Waals surface area contributed by atoms with Gasteiger partial charge >= 0.3 is 0 Å². The highest BCUT2D eigenvalue weighted by molar-refractivity contribution is 6.23. The largest absolute Gasteiger partial charge is 0.456 e. The number of hydrogen-bond acceptors (Lipinski definition) is 3. The van der Waals surface area contributed by atoms with Crippen LogP contribution in [0.3, 0.4) is 0 Å². The number of hydrogen-bond donors (Lipinski definition) is 0. The molecule has 0 saturated carbocycles. The molecule has 4 heteroatoms. The lowest BCUT2D eigenvalue weighted by atomic mass is 9.68. The zero-order chi connectivity index (χ0) is 51.9. The van der Waals surface area contributed by atoms with Crippen LogP contribution in [0.4, 0.5) is 0 Å². The second kappa shape index (κ2) is 18.1. The lowest BCUT2D eigenvalue weighted by Gasteiger charge is -2.32. The van der Waals surface area contributed by atoms with Gasteiger partial charge in [0.05, 0.1) is 16.8 Å². The fourth-order valence-corrected chi connectivity index (χ4v) is 12.9. The molecule has 13 aromatic rings. The van der Waals surface area contributed by atoms with Gasteiger partial charge in [0.15, 0.2) is 5.84 Å². The third kappa shape index (κ3) is 7.00. The molecule has 368 valence electrons. The predicted octanol–water partition coefficient (Wildman–Crippen LogP) is 19.5. The van der Waals surface area contributed by atoms with Crippen molar-refractivity contribution in [3.8, 4) is 55.6 Å². The molecule has 78 heavy (non-hydrogen) atoms. The van der Waals surface area contributed by atoms with Gasteiger partial charge in [0, 0.05) is 32.7 Å². The summed E-state index contributed by atoms with van der Waals surface area (Å²) in [4.78, 5) is 11.1. The highest BCUT2D eigenvalue weighted by atomic mass is 16.3. The van der Waals surface area contributed by atoms with Crippen LogP contribution >= 0.6 is 0 Å². The van der Waals surface area contributed by atoms with E-state index in [0.29, 0.717) is 11.5 Å². The minimum Gasteiger partial charge on any atom is -0.456 e. The second-order valence-corrected chi connectivity index (χ2v) is 20.6. The van der Waals surface area contributed by atoms with Crippen LogP contribution in [0.1, 0.15) is 58.7 Å². The number of furan rings is 2.